The Morgan fingerprint density at radius 2 is 1.97 bits per heavy atom. The number of aromatic nitrogens is 2. The monoisotopic (exact) mass is 520 g/mol. The van der Waals surface area contributed by atoms with Crippen LogP contribution in [-0.4, -0.2) is 57.0 Å². The first kappa shape index (κ1) is 24.0. The van der Waals surface area contributed by atoms with Crippen molar-refractivity contribution in [3.8, 4) is 11.5 Å². The molecule has 0 saturated carbocycles. The topological polar surface area (TPSA) is 79.5 Å². The zero-order valence-electron chi connectivity index (χ0n) is 18.9. The van der Waals surface area contributed by atoms with E-state index in [9.17, 15) is 17.8 Å². The summed E-state index contributed by atoms with van der Waals surface area (Å²) < 4.78 is 46.8. The molecule has 0 spiro atoms. The number of carbonyl (C=O) groups excluding carboxylic acids is 1. The molecule has 3 heterocycles. The maximum atomic E-state index is 14.1. The van der Waals surface area contributed by atoms with E-state index in [-0.39, 0.29) is 49.4 Å². The molecule has 35 heavy (non-hydrogen) atoms. The fraction of sp³-hybridized carbons (Fsp3) is 0.375. The molecule has 5 rings (SSSR count). The average Bonchev–Trinajstić information content (AvgIpc) is 3.27. The van der Waals surface area contributed by atoms with Crippen LogP contribution in [0.3, 0.4) is 0 Å². The Kier molecular flexibility index (Phi) is 6.45. The lowest BCUT2D eigenvalue weighted by atomic mass is 9.95. The molecule has 3 aromatic rings. The van der Waals surface area contributed by atoms with Gasteiger partial charge >= 0.3 is 0 Å². The number of hydrogen-bond acceptors (Lipinski definition) is 6. The van der Waals surface area contributed by atoms with Crippen LogP contribution in [0.1, 0.15) is 30.2 Å². The van der Waals surface area contributed by atoms with E-state index in [1.807, 2.05) is 12.1 Å². The van der Waals surface area contributed by atoms with Crippen molar-refractivity contribution < 1.29 is 22.2 Å². The molecule has 0 N–H and O–H groups in total. The van der Waals surface area contributed by atoms with Crippen LogP contribution in [-0.2, 0) is 22.1 Å². The predicted molar refractivity (Wildman–Crippen MR) is 128 cm³/mol. The van der Waals surface area contributed by atoms with Gasteiger partial charge in [0.15, 0.2) is 0 Å². The standard InChI is InChI=1S/C24H23ClF2N4O3S/c1-30-13-17(11-24(26,27)14-30)23-29-28-22(34-23)16-4-7-20-19(10-16)31(21(32)8-9-35(20)33)12-15-2-5-18(25)6-3-15/h2-7,10,17H,8-9,11-14H2,1H3. The Morgan fingerprint density at radius 3 is 2.71 bits per heavy atom. The lowest BCUT2D eigenvalue weighted by molar-refractivity contribution is -0.118. The van der Waals surface area contributed by atoms with Crippen molar-refractivity contribution in [2.24, 2.45) is 0 Å². The highest BCUT2D eigenvalue weighted by molar-refractivity contribution is 7.85. The quantitative estimate of drug-likeness (QED) is 0.504. The Bertz CT molecular complexity index is 1280. The van der Waals surface area contributed by atoms with E-state index in [2.05, 4.69) is 10.2 Å². The van der Waals surface area contributed by atoms with Gasteiger partial charge in [0.1, 0.15) is 0 Å². The summed E-state index contributed by atoms with van der Waals surface area (Å²) in [4.78, 5) is 16.7. The molecule has 1 aromatic heterocycles. The Labute approximate surface area is 208 Å². The Hall–Kier alpha value is -2.69. The summed E-state index contributed by atoms with van der Waals surface area (Å²) in [7, 11) is 0.284. The zero-order valence-corrected chi connectivity index (χ0v) is 20.5. The summed E-state index contributed by atoms with van der Waals surface area (Å²) in [5.74, 6) is -3.02. The molecule has 1 amide bonds. The average molecular weight is 521 g/mol. The third kappa shape index (κ3) is 5.14. The largest absolute Gasteiger partial charge is 0.420 e. The van der Waals surface area contributed by atoms with Crippen LogP contribution >= 0.6 is 11.6 Å². The van der Waals surface area contributed by atoms with Crippen molar-refractivity contribution in [1.82, 2.24) is 15.1 Å². The highest BCUT2D eigenvalue weighted by Gasteiger charge is 2.41. The van der Waals surface area contributed by atoms with Crippen LogP contribution in [0.15, 0.2) is 51.8 Å². The summed E-state index contributed by atoms with van der Waals surface area (Å²) in [6.45, 7) is 0.371. The van der Waals surface area contributed by atoms with E-state index in [4.69, 9.17) is 16.0 Å². The molecule has 2 atom stereocenters. The van der Waals surface area contributed by atoms with E-state index >= 15 is 0 Å². The van der Waals surface area contributed by atoms with E-state index in [0.717, 1.165) is 5.56 Å². The van der Waals surface area contributed by atoms with Crippen molar-refractivity contribution in [2.45, 2.75) is 36.1 Å². The van der Waals surface area contributed by atoms with Gasteiger partial charge in [0.2, 0.25) is 17.7 Å². The molecule has 7 nitrogen and oxygen atoms in total. The molecule has 0 radical (unpaired) electrons. The maximum Gasteiger partial charge on any atom is 0.261 e. The number of rotatable bonds is 4. The van der Waals surface area contributed by atoms with Crippen molar-refractivity contribution in [3.63, 3.8) is 0 Å². The first-order chi connectivity index (χ1) is 16.7. The van der Waals surface area contributed by atoms with Crippen LogP contribution in [0.5, 0.6) is 0 Å². The number of carbonyl (C=O) groups is 1. The van der Waals surface area contributed by atoms with E-state index in [1.54, 1.807) is 47.2 Å². The molecular formula is C24H23ClF2N4O3S. The zero-order chi connectivity index (χ0) is 24.7. The minimum atomic E-state index is -2.83. The van der Waals surface area contributed by atoms with E-state index in [1.165, 1.54) is 0 Å². The summed E-state index contributed by atoms with van der Waals surface area (Å²) in [5.41, 5.74) is 1.89. The van der Waals surface area contributed by atoms with Gasteiger partial charge in [0, 0.05) is 35.7 Å². The molecule has 11 heteroatoms. The second-order valence-corrected chi connectivity index (χ2v) is 11.0. The highest BCUT2D eigenvalue weighted by atomic mass is 35.5. The summed E-state index contributed by atoms with van der Waals surface area (Å²) >= 11 is 5.99. The van der Waals surface area contributed by atoms with Gasteiger partial charge in [-0.25, -0.2) is 8.78 Å². The number of amides is 1. The van der Waals surface area contributed by atoms with Crippen LogP contribution in [0.4, 0.5) is 14.5 Å². The third-order valence-corrected chi connectivity index (χ3v) is 7.83. The molecule has 0 bridgehead atoms. The van der Waals surface area contributed by atoms with Crippen molar-refractivity contribution in [2.75, 3.05) is 30.8 Å². The number of piperidine rings is 1. The van der Waals surface area contributed by atoms with Gasteiger partial charge in [-0.3, -0.25) is 13.9 Å². The second-order valence-electron chi connectivity index (χ2n) is 8.99. The first-order valence-electron chi connectivity index (χ1n) is 11.2. The van der Waals surface area contributed by atoms with Gasteiger partial charge in [0.25, 0.3) is 5.92 Å². The first-order valence-corrected chi connectivity index (χ1v) is 12.9. The van der Waals surface area contributed by atoms with Gasteiger partial charge in [-0.15, -0.1) is 10.2 Å². The van der Waals surface area contributed by atoms with Crippen LogP contribution in [0, 0.1) is 0 Å². The van der Waals surface area contributed by atoms with Gasteiger partial charge in [0.05, 0.1) is 40.4 Å². The highest BCUT2D eigenvalue weighted by Crippen LogP contribution is 2.37. The van der Waals surface area contributed by atoms with Crippen LogP contribution < -0.4 is 4.90 Å². The Morgan fingerprint density at radius 1 is 1.20 bits per heavy atom. The number of likely N-dealkylation sites (tertiary alicyclic amines) is 1. The number of halogens is 3. The lowest BCUT2D eigenvalue weighted by Crippen LogP contribution is -2.44. The fourth-order valence-corrected chi connectivity index (χ4v) is 5.89. The minimum absolute atomic E-state index is 0.150. The van der Waals surface area contributed by atoms with Gasteiger partial charge < -0.3 is 9.32 Å². The SMILES string of the molecule is CN1CC(c2nnc(-c3ccc4c(c3)N(Cc3ccc(Cl)cc3)C(=O)CCS4=O)o2)CC(F)(F)C1. The minimum Gasteiger partial charge on any atom is -0.420 e. The molecule has 1 fully saturated rings. The summed E-state index contributed by atoms with van der Waals surface area (Å²) in [5, 5.41) is 8.72. The summed E-state index contributed by atoms with van der Waals surface area (Å²) in [6, 6.07) is 12.3. The number of hydrogen-bond donors (Lipinski definition) is 0. The fourth-order valence-electron chi connectivity index (χ4n) is 4.57. The predicted octanol–water partition coefficient (Wildman–Crippen LogP) is 4.49. The number of benzene rings is 2. The number of nitrogens with zero attached hydrogens (tertiary/aromatic N) is 4. The van der Waals surface area contributed by atoms with Crippen LogP contribution in [0.2, 0.25) is 5.02 Å². The number of fused-ring (bicyclic) bond motifs is 1. The molecule has 1 saturated heterocycles. The van der Waals surface area contributed by atoms with Gasteiger partial charge in [-0.05, 0) is 42.9 Å². The van der Waals surface area contributed by atoms with Crippen LogP contribution in [0.25, 0.3) is 11.5 Å². The number of alkyl halides is 2. The lowest BCUT2D eigenvalue weighted by Gasteiger charge is -2.33. The van der Waals surface area contributed by atoms with Crippen molar-refractivity contribution in [3.05, 3.63) is 58.9 Å². The van der Waals surface area contributed by atoms with Crippen molar-refractivity contribution in [1.29, 1.82) is 0 Å². The number of likely N-dealkylation sites (N-methyl/N-ethyl adjacent to an activating group) is 1. The van der Waals surface area contributed by atoms with Gasteiger partial charge in [-0.2, -0.15) is 0 Å². The molecule has 0 aliphatic carbocycles. The smallest absolute Gasteiger partial charge is 0.261 e. The van der Waals surface area contributed by atoms with E-state index in [0.29, 0.717) is 27.7 Å². The summed E-state index contributed by atoms with van der Waals surface area (Å²) in [6.07, 6.45) is -0.205. The molecule has 2 aromatic carbocycles. The Balaban J connectivity index is 1.48. The molecule has 2 aliphatic rings. The molecular weight excluding hydrogens is 498 g/mol. The molecule has 2 unspecified atom stereocenters. The number of anilines is 1. The third-order valence-electron chi connectivity index (χ3n) is 6.17. The molecule has 2 aliphatic heterocycles. The molecule has 184 valence electrons. The van der Waals surface area contributed by atoms with E-state index < -0.39 is 22.6 Å². The second kappa shape index (κ2) is 9.40. The van der Waals surface area contributed by atoms with Crippen molar-refractivity contribution >= 4 is 34.0 Å². The normalized spacial score (nSPS) is 22.6. The maximum absolute atomic E-state index is 14.1. The van der Waals surface area contributed by atoms with Gasteiger partial charge in [-0.1, -0.05) is 23.7 Å².